The molecule has 2 aliphatic rings. The van der Waals surface area contributed by atoms with Gasteiger partial charge in [-0.2, -0.15) is 0 Å². The van der Waals surface area contributed by atoms with Crippen molar-refractivity contribution < 1.29 is 23.8 Å². The number of rotatable bonds is 8. The first-order valence-electron chi connectivity index (χ1n) is 10.8. The molecule has 4 rings (SSSR count). The number of ether oxygens (including phenoxy) is 2. The van der Waals surface area contributed by atoms with Gasteiger partial charge in [0.2, 0.25) is 5.75 Å². The van der Waals surface area contributed by atoms with Crippen molar-refractivity contribution in [2.45, 2.75) is 32.6 Å². The van der Waals surface area contributed by atoms with Crippen molar-refractivity contribution in [3.8, 4) is 17.2 Å². The maximum atomic E-state index is 14.1. The van der Waals surface area contributed by atoms with Crippen molar-refractivity contribution in [1.29, 1.82) is 0 Å². The third-order valence-electron chi connectivity index (χ3n) is 6.06. The third kappa shape index (κ3) is 4.60. The lowest BCUT2D eigenvalue weighted by molar-refractivity contribution is -0.118. The minimum Gasteiger partial charge on any atom is -0.502 e. The zero-order valence-electron chi connectivity index (χ0n) is 18.9. The van der Waals surface area contributed by atoms with Crippen LogP contribution < -0.4 is 9.47 Å². The number of allylic oxidation sites excluding steroid dienone is 4. The van der Waals surface area contributed by atoms with Gasteiger partial charge in [-0.15, -0.1) is 0 Å². The van der Waals surface area contributed by atoms with Crippen LogP contribution in [-0.4, -0.2) is 31.3 Å². The Kier molecular flexibility index (Phi) is 6.45. The Morgan fingerprint density at radius 1 is 1.15 bits per heavy atom. The summed E-state index contributed by atoms with van der Waals surface area (Å²) in [5, 5.41) is 10.2. The Morgan fingerprint density at radius 2 is 1.88 bits per heavy atom. The van der Waals surface area contributed by atoms with Gasteiger partial charge in [0.25, 0.3) is 0 Å². The summed E-state index contributed by atoms with van der Waals surface area (Å²) >= 11 is 0. The van der Waals surface area contributed by atoms with E-state index in [1.807, 2.05) is 13.0 Å². The third-order valence-corrected chi connectivity index (χ3v) is 6.06. The van der Waals surface area contributed by atoms with Gasteiger partial charge in [-0.3, -0.25) is 9.79 Å². The van der Waals surface area contributed by atoms with Gasteiger partial charge in [-0.25, -0.2) is 4.39 Å². The van der Waals surface area contributed by atoms with Crippen LogP contribution in [-0.2, 0) is 4.79 Å². The number of fused-ring (bicyclic) bond motifs is 1. The van der Waals surface area contributed by atoms with E-state index in [0.717, 1.165) is 45.4 Å². The highest BCUT2D eigenvalue weighted by Gasteiger charge is 2.25. The molecule has 6 heteroatoms. The summed E-state index contributed by atoms with van der Waals surface area (Å²) in [7, 11) is 2.96. The quantitative estimate of drug-likeness (QED) is 0.541. The molecule has 0 saturated heterocycles. The van der Waals surface area contributed by atoms with Gasteiger partial charge in [-0.05, 0) is 82.7 Å². The lowest BCUT2D eigenvalue weighted by Gasteiger charge is -2.11. The number of carbonyl (C=O) groups is 1. The number of methoxy groups -OCH3 is 2. The molecule has 2 aromatic rings. The molecular weight excluding hydrogens is 421 g/mol. The number of phenolic OH excluding ortho intramolecular Hbond substituents is 1. The average Bonchev–Trinajstić information content (AvgIpc) is 3.39. The van der Waals surface area contributed by atoms with E-state index in [2.05, 4.69) is 4.99 Å². The average molecular weight is 448 g/mol. The summed E-state index contributed by atoms with van der Waals surface area (Å²) in [5.74, 6) is 0.376. The van der Waals surface area contributed by atoms with Crippen LogP contribution in [0.1, 0.15) is 49.3 Å². The number of halogens is 1. The highest BCUT2D eigenvalue weighted by atomic mass is 19.1. The Balaban J connectivity index is 1.67. The van der Waals surface area contributed by atoms with Gasteiger partial charge in [0.05, 0.1) is 14.2 Å². The van der Waals surface area contributed by atoms with E-state index in [0.29, 0.717) is 30.8 Å². The number of carbonyl (C=O) groups excluding carboxylic acids is 1. The van der Waals surface area contributed by atoms with Crippen LogP contribution >= 0.6 is 0 Å². The Morgan fingerprint density at radius 3 is 2.52 bits per heavy atom. The SMILES string of the molecule is COc1cc(/C=C2/C(C)=C(CCC(=O)CC3=CN=CC3)c3cc(F)ccc32)cc(OC)c1O. The number of benzene rings is 2. The minimum atomic E-state index is -0.312. The smallest absolute Gasteiger partial charge is 0.200 e. The van der Waals surface area contributed by atoms with Crippen molar-refractivity contribution >= 4 is 29.2 Å². The van der Waals surface area contributed by atoms with E-state index >= 15 is 0 Å². The molecule has 1 N–H and O–H groups in total. The molecule has 0 atom stereocenters. The Bertz CT molecular complexity index is 1210. The van der Waals surface area contributed by atoms with E-state index < -0.39 is 0 Å². The number of aromatic hydroxyl groups is 1. The Hall–Kier alpha value is -3.67. The van der Waals surface area contributed by atoms with Gasteiger partial charge in [-0.1, -0.05) is 6.07 Å². The van der Waals surface area contributed by atoms with Crippen molar-refractivity contribution in [2.75, 3.05) is 14.2 Å². The number of hydrogen-bond donors (Lipinski definition) is 1. The number of phenols is 1. The molecule has 0 spiro atoms. The lowest BCUT2D eigenvalue weighted by Crippen LogP contribution is -2.00. The molecule has 33 heavy (non-hydrogen) atoms. The number of aliphatic imine (C=N–C) groups is 1. The van der Waals surface area contributed by atoms with E-state index in [1.165, 1.54) is 26.4 Å². The molecule has 1 heterocycles. The standard InChI is InChI=1S/C27H26FNO4/c1-16-21(7-5-20(30)10-17-8-9-29-15-17)24-14-19(28)4-6-22(24)23(16)11-18-12-25(32-2)27(31)26(13-18)33-3/h4,6,9,11-15,31H,5,7-8,10H2,1-3H3/b23-11-. The van der Waals surface area contributed by atoms with Crippen molar-refractivity contribution in [3.63, 3.8) is 0 Å². The second kappa shape index (κ2) is 9.45. The predicted octanol–water partition coefficient (Wildman–Crippen LogP) is 5.97. The number of Topliss-reactive ketones (excluding diaryl/α,β-unsaturated/α-hetero) is 1. The van der Waals surface area contributed by atoms with Crippen molar-refractivity contribution in [3.05, 3.63) is 70.2 Å². The fraction of sp³-hybridized carbons (Fsp3) is 0.259. The van der Waals surface area contributed by atoms with Crippen LogP contribution in [0.4, 0.5) is 4.39 Å². The fourth-order valence-electron chi connectivity index (χ4n) is 4.34. The zero-order valence-corrected chi connectivity index (χ0v) is 18.9. The first kappa shape index (κ1) is 22.5. The molecule has 0 amide bonds. The van der Waals surface area contributed by atoms with Crippen molar-refractivity contribution in [2.24, 2.45) is 4.99 Å². The molecule has 1 aliphatic heterocycles. The van der Waals surface area contributed by atoms with Gasteiger partial charge < -0.3 is 14.6 Å². The van der Waals surface area contributed by atoms with Crippen LogP contribution in [0.3, 0.4) is 0 Å². The van der Waals surface area contributed by atoms with E-state index in [4.69, 9.17) is 9.47 Å². The molecule has 5 nitrogen and oxygen atoms in total. The van der Waals surface area contributed by atoms with Crippen LogP contribution in [0.2, 0.25) is 0 Å². The lowest BCUT2D eigenvalue weighted by atomic mass is 9.97. The van der Waals surface area contributed by atoms with Crippen LogP contribution in [0, 0.1) is 5.82 Å². The normalized spacial score (nSPS) is 15.8. The van der Waals surface area contributed by atoms with Gasteiger partial charge >= 0.3 is 0 Å². The van der Waals surface area contributed by atoms with Crippen molar-refractivity contribution in [1.82, 2.24) is 0 Å². The first-order chi connectivity index (χ1) is 15.9. The molecular formula is C27H26FNO4. The first-order valence-corrected chi connectivity index (χ1v) is 10.8. The van der Waals surface area contributed by atoms with E-state index in [-0.39, 0.29) is 17.3 Å². The number of ketones is 1. The zero-order chi connectivity index (χ0) is 23.5. The maximum absolute atomic E-state index is 14.1. The highest BCUT2D eigenvalue weighted by molar-refractivity contribution is 6.05. The van der Waals surface area contributed by atoms with Crippen LogP contribution in [0.25, 0.3) is 17.2 Å². The molecule has 2 aromatic carbocycles. The number of hydrogen-bond acceptors (Lipinski definition) is 5. The van der Waals surface area contributed by atoms with Gasteiger partial charge in [0.15, 0.2) is 11.5 Å². The summed E-state index contributed by atoms with van der Waals surface area (Å²) < 4.78 is 24.7. The molecule has 0 fully saturated rings. The molecule has 0 aromatic heterocycles. The molecule has 0 radical (unpaired) electrons. The van der Waals surface area contributed by atoms with Crippen LogP contribution in [0.5, 0.6) is 17.2 Å². The second-order valence-electron chi connectivity index (χ2n) is 8.16. The number of nitrogens with zero attached hydrogens (tertiary/aromatic N) is 1. The minimum absolute atomic E-state index is 0.0645. The van der Waals surface area contributed by atoms with Gasteiger partial charge in [0, 0.05) is 31.7 Å². The fourth-order valence-corrected chi connectivity index (χ4v) is 4.34. The van der Waals surface area contributed by atoms with Crippen LogP contribution in [0.15, 0.2) is 52.7 Å². The topological polar surface area (TPSA) is 68.1 Å². The summed E-state index contributed by atoms with van der Waals surface area (Å²) in [6.45, 7) is 1.99. The molecule has 170 valence electrons. The summed E-state index contributed by atoms with van der Waals surface area (Å²) in [4.78, 5) is 16.6. The van der Waals surface area contributed by atoms with E-state index in [1.54, 1.807) is 30.6 Å². The second-order valence-corrected chi connectivity index (χ2v) is 8.16. The predicted molar refractivity (Wildman–Crippen MR) is 128 cm³/mol. The summed E-state index contributed by atoms with van der Waals surface area (Å²) in [6, 6.07) is 8.19. The highest BCUT2D eigenvalue weighted by Crippen LogP contribution is 2.45. The molecule has 0 bridgehead atoms. The summed E-state index contributed by atoms with van der Waals surface area (Å²) in [5.41, 5.74) is 6.43. The monoisotopic (exact) mass is 447 g/mol. The Labute approximate surface area is 192 Å². The summed E-state index contributed by atoms with van der Waals surface area (Å²) in [6.07, 6.45) is 7.57. The van der Waals surface area contributed by atoms with Gasteiger partial charge in [0.1, 0.15) is 11.6 Å². The largest absolute Gasteiger partial charge is 0.502 e. The van der Waals surface area contributed by atoms with E-state index in [9.17, 15) is 14.3 Å². The maximum Gasteiger partial charge on any atom is 0.200 e. The molecule has 0 saturated carbocycles. The molecule has 0 unspecified atom stereocenters. The molecule has 1 aliphatic carbocycles.